The molecule has 1 aromatic carbocycles. The summed E-state index contributed by atoms with van der Waals surface area (Å²) in [5.41, 5.74) is 2.52. The molecule has 0 unspecified atom stereocenters. The molecule has 0 saturated carbocycles. The lowest BCUT2D eigenvalue weighted by Gasteiger charge is -2.18. The number of benzene rings is 1. The largest absolute Gasteiger partial charge is 0.480 e. The maximum atomic E-state index is 11.7. The van der Waals surface area contributed by atoms with Gasteiger partial charge in [0.15, 0.2) is 6.04 Å². The lowest BCUT2D eigenvalue weighted by Crippen LogP contribution is -2.49. The Morgan fingerprint density at radius 3 is 2.42 bits per heavy atom. The lowest BCUT2D eigenvalue weighted by molar-refractivity contribution is -0.141. The van der Waals surface area contributed by atoms with E-state index in [2.05, 4.69) is 10.6 Å². The van der Waals surface area contributed by atoms with E-state index in [-0.39, 0.29) is 0 Å². The zero-order chi connectivity index (χ0) is 14.6. The van der Waals surface area contributed by atoms with Gasteiger partial charge in [0.2, 0.25) is 0 Å². The third kappa shape index (κ3) is 3.96. The highest BCUT2D eigenvalue weighted by Gasteiger charge is 2.25. The number of hydrogen-bond donors (Lipinski definition) is 4. The average Bonchev–Trinajstić information content (AvgIpc) is 2.31. The monoisotopic (exact) mass is 266 g/mol. The summed E-state index contributed by atoms with van der Waals surface area (Å²) in [5, 5.41) is 22.9. The van der Waals surface area contributed by atoms with Crippen LogP contribution in [0.4, 0.5) is 10.5 Å². The Morgan fingerprint density at radius 2 is 1.89 bits per heavy atom. The highest BCUT2D eigenvalue weighted by Crippen LogP contribution is 2.17. The second kappa shape index (κ2) is 6.19. The van der Waals surface area contributed by atoms with Gasteiger partial charge in [-0.25, -0.2) is 9.59 Å². The van der Waals surface area contributed by atoms with Crippen LogP contribution in [0, 0.1) is 13.8 Å². The van der Waals surface area contributed by atoms with E-state index >= 15 is 0 Å². The fourth-order valence-electron chi connectivity index (χ4n) is 1.57. The molecule has 0 saturated heterocycles. The molecule has 2 atom stereocenters. The van der Waals surface area contributed by atoms with Crippen LogP contribution in [0.25, 0.3) is 0 Å². The van der Waals surface area contributed by atoms with Gasteiger partial charge in [-0.2, -0.15) is 0 Å². The predicted molar refractivity (Wildman–Crippen MR) is 71.2 cm³/mol. The van der Waals surface area contributed by atoms with Crippen LogP contribution in [-0.2, 0) is 4.79 Å². The summed E-state index contributed by atoms with van der Waals surface area (Å²) in [7, 11) is 0. The number of carbonyl (C=O) groups is 2. The van der Waals surface area contributed by atoms with Gasteiger partial charge in [-0.15, -0.1) is 0 Å². The summed E-state index contributed by atoms with van der Waals surface area (Å²) >= 11 is 0. The maximum Gasteiger partial charge on any atom is 0.328 e. The maximum absolute atomic E-state index is 11.7. The second-order valence-electron chi connectivity index (χ2n) is 4.40. The smallest absolute Gasteiger partial charge is 0.328 e. The van der Waals surface area contributed by atoms with E-state index in [1.807, 2.05) is 19.9 Å². The van der Waals surface area contributed by atoms with Crippen LogP contribution in [0.2, 0.25) is 0 Å². The first kappa shape index (κ1) is 15.0. The van der Waals surface area contributed by atoms with E-state index in [4.69, 9.17) is 5.11 Å². The van der Waals surface area contributed by atoms with Crippen molar-refractivity contribution < 1.29 is 19.8 Å². The van der Waals surface area contributed by atoms with Crippen LogP contribution in [0.1, 0.15) is 18.1 Å². The van der Waals surface area contributed by atoms with Crippen molar-refractivity contribution in [2.24, 2.45) is 0 Å². The number of carbonyl (C=O) groups excluding carboxylic acids is 1. The summed E-state index contributed by atoms with van der Waals surface area (Å²) < 4.78 is 0. The van der Waals surface area contributed by atoms with E-state index in [1.54, 1.807) is 12.1 Å². The zero-order valence-corrected chi connectivity index (χ0v) is 11.1. The van der Waals surface area contributed by atoms with Crippen molar-refractivity contribution in [1.82, 2.24) is 5.32 Å². The number of anilines is 1. The molecule has 1 rings (SSSR count). The summed E-state index contributed by atoms with van der Waals surface area (Å²) in [4.78, 5) is 22.5. The van der Waals surface area contributed by atoms with Gasteiger partial charge in [0.1, 0.15) is 0 Å². The van der Waals surface area contributed by atoms with Gasteiger partial charge >= 0.3 is 12.0 Å². The first-order chi connectivity index (χ1) is 8.82. The predicted octanol–water partition coefficient (Wildman–Crippen LogP) is 1.26. The number of aryl methyl sites for hydroxylation is 1. The van der Waals surface area contributed by atoms with Gasteiger partial charge in [0.25, 0.3) is 0 Å². The van der Waals surface area contributed by atoms with Crippen molar-refractivity contribution in [3.05, 3.63) is 29.3 Å². The number of aliphatic carboxylic acids is 1. The lowest BCUT2D eigenvalue weighted by atomic mass is 10.1. The van der Waals surface area contributed by atoms with Gasteiger partial charge < -0.3 is 20.8 Å². The van der Waals surface area contributed by atoms with Crippen LogP contribution in [0.5, 0.6) is 0 Å². The minimum Gasteiger partial charge on any atom is -0.480 e. The Balaban J connectivity index is 2.75. The standard InChI is InChI=1S/C13H18N2O4/c1-7-5-4-6-10(8(7)2)14-13(19)15-11(9(3)16)12(17)18/h4-6,9,11,16H,1-3H3,(H,17,18)(H2,14,15,19)/t9-,11+/m1/s1. The molecule has 0 fully saturated rings. The Kier molecular flexibility index (Phi) is 4.88. The molecule has 0 aliphatic carbocycles. The van der Waals surface area contributed by atoms with Crippen molar-refractivity contribution >= 4 is 17.7 Å². The molecule has 0 aromatic heterocycles. The highest BCUT2D eigenvalue weighted by molar-refractivity contribution is 5.93. The number of aliphatic hydroxyl groups excluding tert-OH is 1. The molecular formula is C13H18N2O4. The Labute approximate surface area is 111 Å². The highest BCUT2D eigenvalue weighted by atomic mass is 16.4. The van der Waals surface area contributed by atoms with Gasteiger partial charge in [-0.1, -0.05) is 12.1 Å². The van der Waals surface area contributed by atoms with Crippen LogP contribution in [0.15, 0.2) is 18.2 Å². The van der Waals surface area contributed by atoms with E-state index in [9.17, 15) is 14.7 Å². The normalized spacial score (nSPS) is 13.5. The molecule has 4 N–H and O–H groups in total. The number of carboxylic acid groups (broad SMARTS) is 1. The first-order valence-corrected chi connectivity index (χ1v) is 5.87. The SMILES string of the molecule is Cc1cccc(NC(=O)N[C@H](C(=O)O)[C@@H](C)O)c1C. The van der Waals surface area contributed by atoms with E-state index in [1.165, 1.54) is 6.92 Å². The first-order valence-electron chi connectivity index (χ1n) is 5.87. The van der Waals surface area contributed by atoms with Crippen LogP contribution >= 0.6 is 0 Å². The molecule has 0 spiro atoms. The molecule has 104 valence electrons. The number of aliphatic hydroxyl groups is 1. The molecule has 19 heavy (non-hydrogen) atoms. The molecule has 0 aliphatic rings. The number of carboxylic acids is 1. The van der Waals surface area contributed by atoms with E-state index in [0.717, 1.165) is 11.1 Å². The van der Waals surface area contributed by atoms with E-state index in [0.29, 0.717) is 5.69 Å². The minimum atomic E-state index is -1.34. The van der Waals surface area contributed by atoms with Crippen LogP contribution < -0.4 is 10.6 Å². The summed E-state index contributed by atoms with van der Waals surface area (Å²) in [6, 6.07) is 3.42. The fourth-order valence-corrected chi connectivity index (χ4v) is 1.57. The summed E-state index contributed by atoms with van der Waals surface area (Å²) in [6.45, 7) is 5.07. The third-order valence-electron chi connectivity index (χ3n) is 2.89. The van der Waals surface area contributed by atoms with Gasteiger partial charge in [0.05, 0.1) is 6.10 Å². The number of rotatable bonds is 4. The van der Waals surface area contributed by atoms with Crippen LogP contribution in [0.3, 0.4) is 0 Å². The molecule has 0 radical (unpaired) electrons. The molecule has 0 bridgehead atoms. The molecule has 2 amide bonds. The van der Waals surface area contributed by atoms with Crippen molar-refractivity contribution in [3.8, 4) is 0 Å². The van der Waals surface area contributed by atoms with Crippen LogP contribution in [-0.4, -0.2) is 34.4 Å². The Bertz CT molecular complexity index is 486. The molecule has 1 aromatic rings. The Hall–Kier alpha value is -2.08. The van der Waals surface area contributed by atoms with Crippen molar-refractivity contribution in [3.63, 3.8) is 0 Å². The Morgan fingerprint density at radius 1 is 1.26 bits per heavy atom. The molecule has 6 nitrogen and oxygen atoms in total. The van der Waals surface area contributed by atoms with E-state index < -0.39 is 24.1 Å². The fraction of sp³-hybridized carbons (Fsp3) is 0.385. The van der Waals surface area contributed by atoms with Gasteiger partial charge in [0, 0.05) is 5.69 Å². The van der Waals surface area contributed by atoms with Gasteiger partial charge in [-0.3, -0.25) is 0 Å². The number of hydrogen-bond acceptors (Lipinski definition) is 3. The number of urea groups is 1. The molecular weight excluding hydrogens is 248 g/mol. The third-order valence-corrected chi connectivity index (χ3v) is 2.89. The summed E-state index contributed by atoms with van der Waals surface area (Å²) in [6.07, 6.45) is -1.18. The van der Waals surface area contributed by atoms with Crippen molar-refractivity contribution in [2.75, 3.05) is 5.32 Å². The van der Waals surface area contributed by atoms with Crippen molar-refractivity contribution in [2.45, 2.75) is 32.9 Å². The summed E-state index contributed by atoms with van der Waals surface area (Å²) in [5.74, 6) is -1.29. The number of nitrogens with one attached hydrogen (secondary N) is 2. The molecule has 6 heteroatoms. The molecule has 0 aliphatic heterocycles. The topological polar surface area (TPSA) is 98.7 Å². The second-order valence-corrected chi connectivity index (χ2v) is 4.40. The number of amides is 2. The molecule has 0 heterocycles. The van der Waals surface area contributed by atoms with Gasteiger partial charge in [-0.05, 0) is 38.0 Å². The quantitative estimate of drug-likeness (QED) is 0.659. The van der Waals surface area contributed by atoms with Crippen molar-refractivity contribution in [1.29, 1.82) is 0 Å². The minimum absolute atomic E-state index is 0.604. The zero-order valence-electron chi connectivity index (χ0n) is 11.1. The average molecular weight is 266 g/mol.